The van der Waals surface area contributed by atoms with Gasteiger partial charge in [-0.3, -0.25) is 0 Å². The quantitative estimate of drug-likeness (QED) is 0.625. The Kier molecular flexibility index (Phi) is 5.63. The van der Waals surface area contributed by atoms with E-state index in [4.69, 9.17) is 5.73 Å². The molecule has 2 aromatic heterocycles. The van der Waals surface area contributed by atoms with Gasteiger partial charge in [-0.1, -0.05) is 0 Å². The number of halogens is 2. The number of carbonyl (C=O) groups excluding carboxylic acids is 1. The number of hydrogen-bond donors (Lipinski definition) is 2. The van der Waals surface area contributed by atoms with Gasteiger partial charge in [0.25, 0.3) is 0 Å². The maximum absolute atomic E-state index is 12.6. The van der Waals surface area contributed by atoms with Gasteiger partial charge < -0.3 is 25.6 Å². The molecule has 3 heterocycles. The largest absolute Gasteiger partial charge is 0.435 e. The lowest BCUT2D eigenvalue weighted by Gasteiger charge is -2.38. The molecule has 13 heteroatoms. The SMILES string of the molecule is N#C[C@H]1CN(C(=O)Nc2ccc(OC(F)F)cc2)CCN1c1nc(N)nc2scnc12. The molecule has 3 aromatic rings. The minimum Gasteiger partial charge on any atom is -0.435 e. The number of piperazine rings is 1. The van der Waals surface area contributed by atoms with Crippen molar-refractivity contribution in [3.63, 3.8) is 0 Å². The third-order valence-corrected chi connectivity index (χ3v) is 5.34. The third-order valence-electron chi connectivity index (χ3n) is 4.62. The lowest BCUT2D eigenvalue weighted by atomic mass is 10.2. The summed E-state index contributed by atoms with van der Waals surface area (Å²) in [4.78, 5) is 29.2. The molecular formula is C18H16F2N8O2S. The van der Waals surface area contributed by atoms with Gasteiger partial charge in [-0.05, 0) is 24.3 Å². The molecule has 4 rings (SSSR count). The molecule has 0 spiro atoms. The lowest BCUT2D eigenvalue weighted by Crippen LogP contribution is -2.55. The zero-order chi connectivity index (χ0) is 22.0. The Morgan fingerprint density at radius 3 is 2.81 bits per heavy atom. The second-order valence-electron chi connectivity index (χ2n) is 6.53. The van der Waals surface area contributed by atoms with Gasteiger partial charge in [-0.25, -0.2) is 14.8 Å². The molecule has 0 unspecified atom stereocenters. The Labute approximate surface area is 178 Å². The number of hydrogen-bond acceptors (Lipinski definition) is 9. The Morgan fingerprint density at radius 1 is 1.32 bits per heavy atom. The molecule has 160 valence electrons. The second kappa shape index (κ2) is 8.52. The summed E-state index contributed by atoms with van der Waals surface area (Å²) in [5.41, 5.74) is 8.40. The first-order chi connectivity index (χ1) is 14.9. The van der Waals surface area contributed by atoms with E-state index < -0.39 is 18.7 Å². The smallest absolute Gasteiger partial charge is 0.387 e. The number of nitriles is 1. The zero-order valence-electron chi connectivity index (χ0n) is 15.9. The predicted molar refractivity (Wildman–Crippen MR) is 110 cm³/mol. The van der Waals surface area contributed by atoms with Gasteiger partial charge in [0.2, 0.25) is 5.95 Å². The van der Waals surface area contributed by atoms with Gasteiger partial charge in [0.15, 0.2) is 10.6 Å². The van der Waals surface area contributed by atoms with Crippen LogP contribution in [-0.2, 0) is 0 Å². The molecule has 1 aliphatic heterocycles. The Bertz CT molecular complexity index is 1130. The topological polar surface area (TPSA) is 133 Å². The highest BCUT2D eigenvalue weighted by molar-refractivity contribution is 7.16. The number of amides is 2. The number of nitrogens with two attached hydrogens (primary N) is 1. The molecule has 1 fully saturated rings. The number of carbonyl (C=O) groups is 1. The molecule has 3 N–H and O–H groups in total. The van der Waals surface area contributed by atoms with Gasteiger partial charge in [-0.2, -0.15) is 19.0 Å². The van der Waals surface area contributed by atoms with Crippen LogP contribution in [0.1, 0.15) is 0 Å². The standard InChI is InChI=1S/C18H16F2N8O2S/c19-16(20)30-12-3-1-10(2-4-12)24-18(29)27-5-6-28(11(7-21)8-27)14-13-15(31-9-23-13)26-17(22)25-14/h1-4,9,11,16H,5-6,8H2,(H,24,29)(H2,22,25,26)/t11-/m0/s1. The molecule has 2 amide bonds. The number of aromatic nitrogens is 3. The Hall–Kier alpha value is -3.79. The van der Waals surface area contributed by atoms with E-state index in [-0.39, 0.29) is 18.2 Å². The van der Waals surface area contributed by atoms with Crippen molar-refractivity contribution in [3.05, 3.63) is 29.8 Å². The molecule has 0 aliphatic carbocycles. The molecule has 1 atom stereocenters. The highest BCUT2D eigenvalue weighted by Gasteiger charge is 2.32. The van der Waals surface area contributed by atoms with Crippen LogP contribution in [0.2, 0.25) is 0 Å². The Morgan fingerprint density at radius 2 is 2.10 bits per heavy atom. The van der Waals surface area contributed by atoms with E-state index in [1.165, 1.54) is 40.5 Å². The predicted octanol–water partition coefficient (Wildman–Crippen LogP) is 2.52. The summed E-state index contributed by atoms with van der Waals surface area (Å²) >= 11 is 1.32. The minimum atomic E-state index is -2.92. The molecule has 1 saturated heterocycles. The van der Waals surface area contributed by atoms with Crippen LogP contribution in [0.3, 0.4) is 0 Å². The molecular weight excluding hydrogens is 430 g/mol. The molecule has 1 aliphatic rings. The number of alkyl halides is 2. The first-order valence-electron chi connectivity index (χ1n) is 9.08. The van der Waals surface area contributed by atoms with Crippen molar-refractivity contribution in [2.75, 3.05) is 35.6 Å². The average Bonchev–Trinajstić information content (AvgIpc) is 3.22. The normalized spacial score (nSPS) is 16.4. The molecule has 31 heavy (non-hydrogen) atoms. The fourth-order valence-corrected chi connectivity index (χ4v) is 3.88. The second-order valence-corrected chi connectivity index (χ2v) is 7.36. The number of fused-ring (bicyclic) bond motifs is 1. The average molecular weight is 446 g/mol. The number of thiazole rings is 1. The zero-order valence-corrected chi connectivity index (χ0v) is 16.7. The number of urea groups is 1. The molecule has 0 radical (unpaired) electrons. The number of nitrogens with one attached hydrogen (secondary N) is 1. The van der Waals surface area contributed by atoms with Gasteiger partial charge in [0, 0.05) is 18.8 Å². The van der Waals surface area contributed by atoms with Crippen LogP contribution in [0.5, 0.6) is 5.75 Å². The number of ether oxygens (including phenoxy) is 1. The van der Waals surface area contributed by atoms with E-state index >= 15 is 0 Å². The van der Waals surface area contributed by atoms with Gasteiger partial charge in [-0.15, -0.1) is 11.3 Å². The maximum atomic E-state index is 12.6. The van der Waals surface area contributed by atoms with Crippen molar-refractivity contribution in [2.24, 2.45) is 0 Å². The highest BCUT2D eigenvalue weighted by atomic mass is 32.1. The van der Waals surface area contributed by atoms with Crippen molar-refractivity contribution < 1.29 is 18.3 Å². The number of anilines is 3. The molecule has 1 aromatic carbocycles. The van der Waals surface area contributed by atoms with E-state index in [0.717, 1.165) is 0 Å². The van der Waals surface area contributed by atoms with E-state index in [1.54, 1.807) is 10.4 Å². The highest BCUT2D eigenvalue weighted by Crippen LogP contribution is 2.29. The molecule has 0 saturated carbocycles. The summed E-state index contributed by atoms with van der Waals surface area (Å²) in [6.07, 6.45) is 0. The van der Waals surface area contributed by atoms with Crippen molar-refractivity contribution >= 4 is 45.2 Å². The van der Waals surface area contributed by atoms with Crippen LogP contribution >= 0.6 is 11.3 Å². The first-order valence-corrected chi connectivity index (χ1v) is 9.96. The first kappa shape index (κ1) is 20.5. The fraction of sp³-hybridized carbons (Fsp3) is 0.278. The minimum absolute atomic E-state index is 0.0105. The van der Waals surface area contributed by atoms with Gasteiger partial charge >= 0.3 is 12.6 Å². The monoisotopic (exact) mass is 446 g/mol. The lowest BCUT2D eigenvalue weighted by molar-refractivity contribution is -0.0498. The van der Waals surface area contributed by atoms with E-state index in [2.05, 4.69) is 31.1 Å². The fourth-order valence-electron chi connectivity index (χ4n) is 3.22. The molecule has 0 bridgehead atoms. The number of nitrogen functional groups attached to an aromatic ring is 1. The van der Waals surface area contributed by atoms with Crippen molar-refractivity contribution in [2.45, 2.75) is 12.7 Å². The van der Waals surface area contributed by atoms with Crippen molar-refractivity contribution in [3.8, 4) is 11.8 Å². The van der Waals surface area contributed by atoms with Crippen LogP contribution in [0, 0.1) is 11.3 Å². The summed E-state index contributed by atoms with van der Waals surface area (Å²) in [5.74, 6) is 0.538. The summed E-state index contributed by atoms with van der Waals surface area (Å²) in [7, 11) is 0. The van der Waals surface area contributed by atoms with Gasteiger partial charge in [0.1, 0.15) is 17.3 Å². The van der Waals surface area contributed by atoms with Crippen LogP contribution in [0.25, 0.3) is 10.3 Å². The van der Waals surface area contributed by atoms with E-state index in [9.17, 15) is 18.8 Å². The van der Waals surface area contributed by atoms with Crippen molar-refractivity contribution in [1.29, 1.82) is 5.26 Å². The number of rotatable bonds is 4. The van der Waals surface area contributed by atoms with Crippen LogP contribution in [0.4, 0.5) is 31.0 Å². The Balaban J connectivity index is 1.45. The van der Waals surface area contributed by atoms with Gasteiger partial charge in [0.05, 0.1) is 18.1 Å². The van der Waals surface area contributed by atoms with E-state index in [1.807, 2.05) is 0 Å². The summed E-state index contributed by atoms with van der Waals surface area (Å²) in [6.45, 7) is -2.12. The maximum Gasteiger partial charge on any atom is 0.387 e. The molecule has 10 nitrogen and oxygen atoms in total. The summed E-state index contributed by atoms with van der Waals surface area (Å²) in [5, 5.41) is 12.4. The summed E-state index contributed by atoms with van der Waals surface area (Å²) < 4.78 is 28.8. The van der Waals surface area contributed by atoms with Crippen LogP contribution in [0.15, 0.2) is 29.8 Å². The third kappa shape index (κ3) is 4.38. The number of nitrogens with zero attached hydrogens (tertiary/aromatic N) is 6. The number of benzene rings is 1. The van der Waals surface area contributed by atoms with Crippen LogP contribution < -0.4 is 20.7 Å². The summed E-state index contributed by atoms with van der Waals surface area (Å²) in [6, 6.07) is 6.68. The van der Waals surface area contributed by atoms with E-state index in [0.29, 0.717) is 34.9 Å². The van der Waals surface area contributed by atoms with Crippen LogP contribution in [-0.4, -0.2) is 58.2 Å². The van der Waals surface area contributed by atoms with Crippen molar-refractivity contribution in [1.82, 2.24) is 19.9 Å².